The van der Waals surface area contributed by atoms with E-state index in [4.69, 9.17) is 5.41 Å². The van der Waals surface area contributed by atoms with Gasteiger partial charge in [0.05, 0.1) is 11.9 Å². The van der Waals surface area contributed by atoms with Crippen LogP contribution in [0.5, 0.6) is 0 Å². The Kier molecular flexibility index (Phi) is 6.04. The van der Waals surface area contributed by atoms with Crippen LogP contribution >= 0.6 is 0 Å². The van der Waals surface area contributed by atoms with E-state index in [2.05, 4.69) is 30.9 Å². The van der Waals surface area contributed by atoms with Crippen molar-refractivity contribution in [1.82, 2.24) is 20.3 Å². The Morgan fingerprint density at radius 3 is 2.68 bits per heavy atom. The molecule has 0 atom stereocenters. The lowest BCUT2D eigenvalue weighted by atomic mass is 10.1. The molecule has 2 aromatic heterocycles. The Labute approximate surface area is 162 Å². The summed E-state index contributed by atoms with van der Waals surface area (Å²) in [5, 5.41) is 16.1. The van der Waals surface area contributed by atoms with Crippen molar-refractivity contribution >= 4 is 23.4 Å². The summed E-state index contributed by atoms with van der Waals surface area (Å²) in [6.07, 6.45) is 7.84. The van der Waals surface area contributed by atoms with Crippen LogP contribution in [0.4, 0.5) is 11.6 Å². The molecule has 0 fully saturated rings. The molecule has 3 aromatic rings. The average Bonchev–Trinajstić information content (AvgIpc) is 2.73. The number of benzene rings is 1. The minimum atomic E-state index is -0.395. The summed E-state index contributed by atoms with van der Waals surface area (Å²) in [5.41, 5.74) is 2.58. The molecule has 1 aromatic carbocycles. The zero-order chi connectivity index (χ0) is 19.8. The molecule has 0 aliphatic rings. The molecule has 0 saturated carbocycles. The van der Waals surface area contributed by atoms with Crippen molar-refractivity contribution in [2.45, 2.75) is 0 Å². The highest BCUT2D eigenvalue weighted by atomic mass is 16.1. The van der Waals surface area contributed by atoms with Crippen molar-refractivity contribution in [2.75, 3.05) is 17.7 Å². The molecule has 4 N–H and O–H groups in total. The molecule has 3 rings (SSSR count). The Morgan fingerprint density at radius 1 is 1.07 bits per heavy atom. The van der Waals surface area contributed by atoms with Crippen LogP contribution in [0.2, 0.25) is 0 Å². The van der Waals surface area contributed by atoms with E-state index in [1.165, 1.54) is 18.3 Å². The van der Waals surface area contributed by atoms with E-state index < -0.39 is 5.91 Å². The van der Waals surface area contributed by atoms with Gasteiger partial charge in [0, 0.05) is 25.0 Å². The number of carbonyl (C=O) groups is 1. The minimum absolute atomic E-state index is 0.0885. The number of hydrogen-bond donors (Lipinski definition) is 4. The van der Waals surface area contributed by atoms with Gasteiger partial charge in [-0.1, -0.05) is 30.3 Å². The SMILES string of the molecule is CN/C=C\C(=N)Nc1nccc(C(=O)Nc2cnccc2-c2ccccc2)n1. The van der Waals surface area contributed by atoms with Crippen LogP contribution in [0.15, 0.2) is 73.3 Å². The van der Waals surface area contributed by atoms with Gasteiger partial charge in [-0.25, -0.2) is 9.97 Å². The lowest BCUT2D eigenvalue weighted by Gasteiger charge is -2.11. The van der Waals surface area contributed by atoms with Gasteiger partial charge in [0.1, 0.15) is 11.5 Å². The predicted molar refractivity (Wildman–Crippen MR) is 109 cm³/mol. The number of anilines is 2. The largest absolute Gasteiger partial charge is 0.394 e. The van der Waals surface area contributed by atoms with E-state index in [1.54, 1.807) is 25.6 Å². The van der Waals surface area contributed by atoms with Crippen LogP contribution in [0.3, 0.4) is 0 Å². The molecule has 8 heteroatoms. The standard InChI is InChI=1S/C20H19N7O/c1-22-10-9-18(21)27-20-24-12-8-16(26-20)19(28)25-17-13-23-11-7-15(17)14-5-3-2-4-6-14/h2-13,22H,1H3,(H,25,28)(H2,21,24,26,27)/b10-9-. The second kappa shape index (κ2) is 9.04. The molecule has 8 nitrogen and oxygen atoms in total. The Bertz CT molecular complexity index is 1000. The molecule has 0 spiro atoms. The molecule has 0 bridgehead atoms. The number of aromatic nitrogens is 3. The summed E-state index contributed by atoms with van der Waals surface area (Å²) in [6.45, 7) is 0. The number of nitrogens with zero attached hydrogens (tertiary/aromatic N) is 3. The molecular formula is C20H19N7O. The number of pyridine rings is 1. The summed E-state index contributed by atoms with van der Waals surface area (Å²) in [5.74, 6) is -0.147. The third-order valence-electron chi connectivity index (χ3n) is 3.71. The lowest BCUT2D eigenvalue weighted by Crippen LogP contribution is -2.17. The lowest BCUT2D eigenvalue weighted by molar-refractivity contribution is 0.102. The van der Waals surface area contributed by atoms with Crippen molar-refractivity contribution in [3.63, 3.8) is 0 Å². The third kappa shape index (κ3) is 4.76. The molecule has 0 radical (unpaired) electrons. The Balaban J connectivity index is 1.78. The molecule has 2 heterocycles. The monoisotopic (exact) mass is 373 g/mol. The van der Waals surface area contributed by atoms with E-state index >= 15 is 0 Å². The minimum Gasteiger partial charge on any atom is -0.394 e. The van der Waals surface area contributed by atoms with Crippen LogP contribution in [0.25, 0.3) is 11.1 Å². The summed E-state index contributed by atoms with van der Waals surface area (Å²) in [7, 11) is 1.73. The fraction of sp³-hybridized carbons (Fsp3) is 0.0500. The van der Waals surface area contributed by atoms with Gasteiger partial charge >= 0.3 is 0 Å². The van der Waals surface area contributed by atoms with Gasteiger partial charge in [0.25, 0.3) is 5.91 Å². The molecule has 0 aliphatic heterocycles. The second-order valence-corrected chi connectivity index (χ2v) is 5.67. The van der Waals surface area contributed by atoms with Gasteiger partial charge in [-0.2, -0.15) is 0 Å². The summed E-state index contributed by atoms with van der Waals surface area (Å²) in [6, 6.07) is 13.1. The van der Waals surface area contributed by atoms with Crippen LogP contribution in [0.1, 0.15) is 10.5 Å². The zero-order valence-corrected chi connectivity index (χ0v) is 15.2. The molecular weight excluding hydrogens is 354 g/mol. The highest BCUT2D eigenvalue weighted by Crippen LogP contribution is 2.26. The van der Waals surface area contributed by atoms with Gasteiger partial charge in [0.15, 0.2) is 0 Å². The third-order valence-corrected chi connectivity index (χ3v) is 3.71. The maximum absolute atomic E-state index is 12.7. The van der Waals surface area contributed by atoms with Crippen LogP contribution in [-0.2, 0) is 0 Å². The van der Waals surface area contributed by atoms with Crippen LogP contribution in [-0.4, -0.2) is 33.7 Å². The molecule has 28 heavy (non-hydrogen) atoms. The van der Waals surface area contributed by atoms with E-state index in [0.29, 0.717) is 5.69 Å². The first-order valence-electron chi connectivity index (χ1n) is 8.50. The molecule has 140 valence electrons. The quantitative estimate of drug-likeness (QED) is 0.390. The van der Waals surface area contributed by atoms with Crippen molar-refractivity contribution in [3.05, 3.63) is 79.0 Å². The summed E-state index contributed by atoms with van der Waals surface area (Å²) in [4.78, 5) is 25.0. The molecule has 1 amide bonds. The normalized spacial score (nSPS) is 10.5. The van der Waals surface area contributed by atoms with E-state index in [-0.39, 0.29) is 17.5 Å². The second-order valence-electron chi connectivity index (χ2n) is 5.67. The Morgan fingerprint density at radius 2 is 1.89 bits per heavy atom. The summed E-state index contributed by atoms with van der Waals surface area (Å²) < 4.78 is 0. The smallest absolute Gasteiger partial charge is 0.274 e. The highest BCUT2D eigenvalue weighted by Gasteiger charge is 2.13. The highest BCUT2D eigenvalue weighted by molar-refractivity contribution is 6.05. The summed E-state index contributed by atoms with van der Waals surface area (Å²) >= 11 is 0. The maximum atomic E-state index is 12.7. The van der Waals surface area contributed by atoms with E-state index in [9.17, 15) is 4.79 Å². The van der Waals surface area contributed by atoms with Gasteiger partial charge in [0.2, 0.25) is 5.95 Å². The van der Waals surface area contributed by atoms with Crippen LogP contribution in [0, 0.1) is 5.41 Å². The number of amidine groups is 1. The maximum Gasteiger partial charge on any atom is 0.274 e. The first-order valence-corrected chi connectivity index (χ1v) is 8.50. The number of hydrogen-bond acceptors (Lipinski definition) is 6. The number of nitrogens with one attached hydrogen (secondary N) is 4. The number of amides is 1. The van der Waals surface area contributed by atoms with Gasteiger partial charge < -0.3 is 16.0 Å². The predicted octanol–water partition coefficient (Wildman–Crippen LogP) is 2.91. The van der Waals surface area contributed by atoms with E-state index in [0.717, 1.165) is 11.1 Å². The topological polar surface area (TPSA) is 116 Å². The Hall–Kier alpha value is -4.07. The number of rotatable bonds is 6. The van der Waals surface area contributed by atoms with Gasteiger partial charge in [-0.15, -0.1) is 0 Å². The van der Waals surface area contributed by atoms with Crippen molar-refractivity contribution in [2.24, 2.45) is 0 Å². The first-order chi connectivity index (χ1) is 13.7. The first kappa shape index (κ1) is 18.7. The molecule has 0 aliphatic carbocycles. The van der Waals surface area contributed by atoms with E-state index in [1.807, 2.05) is 36.4 Å². The number of carbonyl (C=O) groups excluding carboxylic acids is 1. The average molecular weight is 373 g/mol. The molecule has 0 unspecified atom stereocenters. The fourth-order valence-electron chi connectivity index (χ4n) is 2.42. The van der Waals surface area contributed by atoms with Crippen molar-refractivity contribution in [1.29, 1.82) is 5.41 Å². The van der Waals surface area contributed by atoms with Gasteiger partial charge in [-0.05, 0) is 30.0 Å². The fourth-order valence-corrected chi connectivity index (χ4v) is 2.42. The van der Waals surface area contributed by atoms with Crippen LogP contribution < -0.4 is 16.0 Å². The molecule has 0 saturated heterocycles. The van der Waals surface area contributed by atoms with Crippen molar-refractivity contribution < 1.29 is 4.79 Å². The van der Waals surface area contributed by atoms with Gasteiger partial charge in [-0.3, -0.25) is 15.2 Å². The van der Waals surface area contributed by atoms with Crippen molar-refractivity contribution in [3.8, 4) is 11.1 Å². The zero-order valence-electron chi connectivity index (χ0n) is 15.2.